The summed E-state index contributed by atoms with van der Waals surface area (Å²) >= 11 is 12.5. The number of carbonyl (C=O) groups excluding carboxylic acids is 1. The van der Waals surface area contributed by atoms with Crippen molar-refractivity contribution in [3.05, 3.63) is 88.4 Å². The number of halogens is 2. The molecule has 1 aliphatic rings. The monoisotopic (exact) mass is 474 g/mol. The Morgan fingerprint density at radius 2 is 1.65 bits per heavy atom. The lowest BCUT2D eigenvalue weighted by Crippen LogP contribution is -2.45. The Kier molecular flexibility index (Phi) is 6.23. The van der Waals surface area contributed by atoms with Crippen molar-refractivity contribution in [2.45, 2.75) is 17.7 Å². The molecule has 1 heterocycles. The van der Waals surface area contributed by atoms with Crippen LogP contribution in [0.15, 0.2) is 77.7 Å². The lowest BCUT2D eigenvalue weighted by Gasteiger charge is -2.32. The van der Waals surface area contributed by atoms with Crippen molar-refractivity contribution in [3.8, 4) is 0 Å². The van der Waals surface area contributed by atoms with Crippen LogP contribution in [0.3, 0.4) is 0 Å². The van der Waals surface area contributed by atoms with E-state index in [0.29, 0.717) is 6.54 Å². The summed E-state index contributed by atoms with van der Waals surface area (Å²) in [6.07, 6.45) is 1.69. The molecular weight excluding hydrogens is 455 g/mol. The number of hydrogen-bond acceptors (Lipinski definition) is 3. The minimum atomic E-state index is -4.06. The molecule has 0 atom stereocenters. The van der Waals surface area contributed by atoms with Crippen molar-refractivity contribution in [2.24, 2.45) is 0 Å². The fourth-order valence-corrected chi connectivity index (χ4v) is 5.60. The fraction of sp³-hybridized carbons (Fsp3) is 0.174. The van der Waals surface area contributed by atoms with E-state index in [4.69, 9.17) is 23.2 Å². The molecule has 0 fully saturated rings. The Labute approximate surface area is 191 Å². The van der Waals surface area contributed by atoms with Crippen LogP contribution in [-0.2, 0) is 21.2 Å². The van der Waals surface area contributed by atoms with Crippen LogP contribution in [0, 0.1) is 0 Å². The highest BCUT2D eigenvalue weighted by atomic mass is 35.5. The second kappa shape index (κ2) is 8.91. The maximum absolute atomic E-state index is 13.5. The average molecular weight is 475 g/mol. The number of nitrogens with zero attached hydrogens (tertiary/aromatic N) is 2. The molecule has 1 aliphatic heterocycles. The quantitative estimate of drug-likeness (QED) is 0.512. The van der Waals surface area contributed by atoms with Gasteiger partial charge in [0.2, 0.25) is 5.91 Å². The standard InChI is InChI=1S/C23H20Cl2N2O3S/c24-19-12-6-14-21(23(19)25)27(31(29,30)18-10-2-1-3-11-18)16-22(28)26-15-7-9-17-8-4-5-13-20(17)26/h1-6,8,10-14H,7,9,15-16H2. The summed E-state index contributed by atoms with van der Waals surface area (Å²) in [4.78, 5) is 15.1. The number of sulfonamides is 1. The maximum Gasteiger partial charge on any atom is 0.264 e. The molecule has 0 spiro atoms. The molecule has 3 aromatic carbocycles. The maximum atomic E-state index is 13.5. The van der Waals surface area contributed by atoms with E-state index in [2.05, 4.69) is 0 Å². The van der Waals surface area contributed by atoms with Crippen molar-refractivity contribution in [1.82, 2.24) is 0 Å². The molecule has 0 aromatic heterocycles. The molecule has 0 unspecified atom stereocenters. The molecule has 4 rings (SSSR count). The predicted molar refractivity (Wildman–Crippen MR) is 125 cm³/mol. The van der Waals surface area contributed by atoms with Gasteiger partial charge in [0.1, 0.15) is 6.54 Å². The van der Waals surface area contributed by atoms with Gasteiger partial charge in [-0.2, -0.15) is 0 Å². The molecule has 5 nitrogen and oxygen atoms in total. The van der Waals surface area contributed by atoms with E-state index in [9.17, 15) is 13.2 Å². The number of hydrogen-bond donors (Lipinski definition) is 0. The van der Waals surface area contributed by atoms with Gasteiger partial charge in [0.15, 0.2) is 0 Å². The topological polar surface area (TPSA) is 57.7 Å². The predicted octanol–water partition coefficient (Wildman–Crippen LogP) is 5.17. The van der Waals surface area contributed by atoms with Crippen molar-refractivity contribution in [3.63, 3.8) is 0 Å². The first-order valence-corrected chi connectivity index (χ1v) is 12.0. The zero-order valence-corrected chi connectivity index (χ0v) is 18.9. The average Bonchev–Trinajstić information content (AvgIpc) is 2.79. The number of aryl methyl sites for hydroxylation is 1. The van der Waals surface area contributed by atoms with Crippen LogP contribution in [0.25, 0.3) is 0 Å². The number of amides is 1. The summed E-state index contributed by atoms with van der Waals surface area (Å²) in [6.45, 7) is 0.129. The molecule has 0 saturated heterocycles. The van der Waals surface area contributed by atoms with Crippen LogP contribution in [0.5, 0.6) is 0 Å². The van der Waals surface area contributed by atoms with Gasteiger partial charge in [0.25, 0.3) is 10.0 Å². The third-order valence-corrected chi connectivity index (χ3v) is 7.80. The second-order valence-corrected chi connectivity index (χ2v) is 9.82. The number of rotatable bonds is 5. The zero-order chi connectivity index (χ0) is 22.0. The van der Waals surface area contributed by atoms with Gasteiger partial charge >= 0.3 is 0 Å². The van der Waals surface area contributed by atoms with Gasteiger partial charge in [0.05, 0.1) is 20.6 Å². The molecule has 0 N–H and O–H groups in total. The van der Waals surface area contributed by atoms with Crippen LogP contribution in [-0.4, -0.2) is 27.4 Å². The van der Waals surface area contributed by atoms with Gasteiger partial charge in [0, 0.05) is 12.2 Å². The van der Waals surface area contributed by atoms with Gasteiger partial charge in [-0.3, -0.25) is 9.10 Å². The number of carbonyl (C=O) groups is 1. The summed E-state index contributed by atoms with van der Waals surface area (Å²) in [5, 5.41) is 0.290. The highest BCUT2D eigenvalue weighted by molar-refractivity contribution is 7.92. The lowest BCUT2D eigenvalue weighted by atomic mass is 10.0. The highest BCUT2D eigenvalue weighted by Gasteiger charge is 2.32. The van der Waals surface area contributed by atoms with Crippen molar-refractivity contribution in [1.29, 1.82) is 0 Å². The van der Waals surface area contributed by atoms with Crippen LogP contribution in [0.2, 0.25) is 10.0 Å². The number of para-hydroxylation sites is 1. The summed E-state index contributed by atoms with van der Waals surface area (Å²) < 4.78 is 28.1. The minimum Gasteiger partial charge on any atom is -0.311 e. The SMILES string of the molecule is O=C(CN(c1cccc(Cl)c1Cl)S(=O)(=O)c1ccccc1)N1CCCc2ccccc21. The summed E-state index contributed by atoms with van der Waals surface area (Å²) in [7, 11) is -4.06. The Hall–Kier alpha value is -2.54. The normalized spacial score (nSPS) is 13.5. The molecule has 0 radical (unpaired) electrons. The molecule has 0 aliphatic carbocycles. The van der Waals surface area contributed by atoms with Crippen molar-refractivity contribution >= 4 is 50.5 Å². The first-order chi connectivity index (χ1) is 14.9. The molecule has 31 heavy (non-hydrogen) atoms. The van der Waals surface area contributed by atoms with Crippen molar-refractivity contribution < 1.29 is 13.2 Å². The third kappa shape index (κ3) is 4.28. The Balaban J connectivity index is 1.76. The van der Waals surface area contributed by atoms with E-state index in [0.717, 1.165) is 28.4 Å². The molecular formula is C23H20Cl2N2O3S. The molecule has 0 bridgehead atoms. The Morgan fingerprint density at radius 1 is 0.935 bits per heavy atom. The van der Waals surface area contributed by atoms with E-state index in [-0.39, 0.29) is 26.5 Å². The third-order valence-electron chi connectivity index (χ3n) is 5.22. The van der Waals surface area contributed by atoms with E-state index in [1.807, 2.05) is 24.3 Å². The van der Waals surface area contributed by atoms with Crippen LogP contribution >= 0.6 is 23.2 Å². The number of fused-ring (bicyclic) bond motifs is 1. The summed E-state index contributed by atoms with van der Waals surface area (Å²) in [5.41, 5.74) is 2.05. The van der Waals surface area contributed by atoms with Gasteiger partial charge in [-0.05, 0) is 48.7 Å². The van der Waals surface area contributed by atoms with E-state index < -0.39 is 16.6 Å². The number of anilines is 2. The molecule has 0 saturated carbocycles. The largest absolute Gasteiger partial charge is 0.311 e. The van der Waals surface area contributed by atoms with E-state index in [1.54, 1.807) is 41.3 Å². The van der Waals surface area contributed by atoms with Gasteiger partial charge < -0.3 is 4.90 Å². The second-order valence-electron chi connectivity index (χ2n) is 7.18. The smallest absolute Gasteiger partial charge is 0.264 e. The Bertz CT molecular complexity index is 1220. The minimum absolute atomic E-state index is 0.0675. The number of benzene rings is 3. The van der Waals surface area contributed by atoms with E-state index >= 15 is 0 Å². The molecule has 8 heteroatoms. The highest BCUT2D eigenvalue weighted by Crippen LogP contribution is 2.36. The summed E-state index contributed by atoms with van der Waals surface area (Å²) in [5.74, 6) is -0.331. The van der Waals surface area contributed by atoms with Gasteiger partial charge in [-0.25, -0.2) is 8.42 Å². The molecule has 160 valence electrons. The van der Waals surface area contributed by atoms with Crippen LogP contribution in [0.1, 0.15) is 12.0 Å². The van der Waals surface area contributed by atoms with Crippen LogP contribution < -0.4 is 9.21 Å². The summed E-state index contributed by atoms with van der Waals surface area (Å²) in [6, 6.07) is 20.4. The van der Waals surface area contributed by atoms with Gasteiger partial charge in [-0.15, -0.1) is 0 Å². The molecule has 3 aromatic rings. The van der Waals surface area contributed by atoms with Gasteiger partial charge in [-0.1, -0.05) is 65.7 Å². The molecule has 1 amide bonds. The zero-order valence-electron chi connectivity index (χ0n) is 16.5. The Morgan fingerprint density at radius 3 is 2.42 bits per heavy atom. The first kappa shape index (κ1) is 21.7. The fourth-order valence-electron chi connectivity index (χ4n) is 3.71. The van der Waals surface area contributed by atoms with E-state index in [1.165, 1.54) is 12.1 Å². The lowest BCUT2D eigenvalue weighted by molar-refractivity contribution is -0.117. The first-order valence-electron chi connectivity index (χ1n) is 9.79. The van der Waals surface area contributed by atoms with Crippen molar-refractivity contribution in [2.75, 3.05) is 22.3 Å². The van der Waals surface area contributed by atoms with Crippen LogP contribution in [0.4, 0.5) is 11.4 Å².